The summed E-state index contributed by atoms with van der Waals surface area (Å²) < 4.78 is 0. The standard InChI is InChI=1S/C20H16Cl2N2O4/c21-11-3-1-5-13(7-11)23-17-9-16(20(27)28)18(10-15(17)19(25)26)24-14-6-2-4-12(22)8-14/h1-8,23-24H,9-10H2,(H,25,26)(H,27,28). The second-order valence-electron chi connectivity index (χ2n) is 6.15. The number of carbonyl (C=O) groups is 2. The maximum Gasteiger partial charge on any atom is 0.333 e. The van der Waals surface area contributed by atoms with Crippen LogP contribution in [0.1, 0.15) is 12.8 Å². The van der Waals surface area contributed by atoms with Gasteiger partial charge < -0.3 is 20.8 Å². The Morgan fingerprint density at radius 1 is 0.750 bits per heavy atom. The van der Waals surface area contributed by atoms with Gasteiger partial charge in [-0.3, -0.25) is 0 Å². The number of nitrogens with one attached hydrogen (secondary N) is 2. The van der Waals surface area contributed by atoms with Crippen molar-refractivity contribution in [1.82, 2.24) is 0 Å². The summed E-state index contributed by atoms with van der Waals surface area (Å²) in [7, 11) is 0. The second kappa shape index (κ2) is 8.37. The number of carboxylic acid groups (broad SMARTS) is 2. The molecule has 144 valence electrons. The summed E-state index contributed by atoms with van der Waals surface area (Å²) >= 11 is 11.9. The summed E-state index contributed by atoms with van der Waals surface area (Å²) in [4.78, 5) is 23.6. The summed E-state index contributed by atoms with van der Waals surface area (Å²) in [6.07, 6.45) is -0.154. The first kappa shape index (κ1) is 19.8. The molecular weight excluding hydrogens is 403 g/mol. The van der Waals surface area contributed by atoms with Gasteiger partial charge in [0.1, 0.15) is 0 Å². The van der Waals surface area contributed by atoms with Crippen LogP contribution in [0.3, 0.4) is 0 Å². The van der Waals surface area contributed by atoms with Crippen molar-refractivity contribution in [3.8, 4) is 0 Å². The quantitative estimate of drug-likeness (QED) is 0.527. The van der Waals surface area contributed by atoms with E-state index in [1.165, 1.54) is 0 Å². The van der Waals surface area contributed by atoms with Crippen molar-refractivity contribution in [2.75, 3.05) is 10.6 Å². The zero-order valence-corrected chi connectivity index (χ0v) is 16.0. The van der Waals surface area contributed by atoms with Crippen molar-refractivity contribution in [1.29, 1.82) is 0 Å². The number of carboxylic acids is 2. The third-order valence-corrected chi connectivity index (χ3v) is 4.66. The van der Waals surface area contributed by atoms with E-state index in [1.54, 1.807) is 48.5 Å². The van der Waals surface area contributed by atoms with Gasteiger partial charge in [0.25, 0.3) is 0 Å². The van der Waals surface area contributed by atoms with E-state index in [4.69, 9.17) is 23.2 Å². The predicted octanol–water partition coefficient (Wildman–Crippen LogP) is 4.99. The predicted molar refractivity (Wildman–Crippen MR) is 109 cm³/mol. The Bertz CT molecular complexity index is 933. The van der Waals surface area contributed by atoms with Crippen molar-refractivity contribution < 1.29 is 19.8 Å². The lowest BCUT2D eigenvalue weighted by atomic mass is 9.92. The Hall–Kier alpha value is -2.96. The van der Waals surface area contributed by atoms with Gasteiger partial charge in [-0.15, -0.1) is 0 Å². The Morgan fingerprint density at radius 3 is 1.46 bits per heavy atom. The minimum atomic E-state index is -1.13. The lowest BCUT2D eigenvalue weighted by Crippen LogP contribution is -2.23. The Labute approximate surface area is 171 Å². The van der Waals surface area contributed by atoms with Crippen LogP contribution in [0.5, 0.6) is 0 Å². The Balaban J connectivity index is 1.94. The van der Waals surface area contributed by atoms with Crippen LogP contribution in [-0.4, -0.2) is 22.2 Å². The molecule has 3 rings (SSSR count). The van der Waals surface area contributed by atoms with Gasteiger partial charge >= 0.3 is 11.9 Å². The second-order valence-corrected chi connectivity index (χ2v) is 7.02. The number of allylic oxidation sites excluding steroid dienone is 2. The molecule has 0 saturated carbocycles. The molecule has 4 N–H and O–H groups in total. The molecule has 1 aliphatic rings. The van der Waals surface area contributed by atoms with E-state index in [1.807, 2.05) is 0 Å². The molecule has 1 aliphatic carbocycles. The van der Waals surface area contributed by atoms with E-state index in [9.17, 15) is 19.8 Å². The molecule has 0 amide bonds. The molecule has 0 aromatic heterocycles. The van der Waals surface area contributed by atoms with Gasteiger partial charge in [0, 0.05) is 45.7 Å². The SMILES string of the molecule is O=C(O)C1=C(Nc2cccc(Cl)c2)CC(C(=O)O)=C(Nc2cccc(Cl)c2)C1. The normalized spacial score (nSPS) is 14.1. The van der Waals surface area contributed by atoms with Crippen molar-refractivity contribution in [3.63, 3.8) is 0 Å². The number of anilines is 2. The molecule has 0 fully saturated rings. The highest BCUT2D eigenvalue weighted by atomic mass is 35.5. The molecule has 6 nitrogen and oxygen atoms in total. The smallest absolute Gasteiger partial charge is 0.333 e. The lowest BCUT2D eigenvalue weighted by molar-refractivity contribution is -0.134. The molecule has 0 spiro atoms. The minimum Gasteiger partial charge on any atom is -0.478 e. The average Bonchev–Trinajstić information content (AvgIpc) is 2.62. The van der Waals surface area contributed by atoms with Gasteiger partial charge in [0.05, 0.1) is 11.1 Å². The van der Waals surface area contributed by atoms with E-state index in [-0.39, 0.29) is 24.0 Å². The zero-order chi connectivity index (χ0) is 20.3. The fourth-order valence-corrected chi connectivity index (χ4v) is 3.29. The largest absolute Gasteiger partial charge is 0.478 e. The van der Waals surface area contributed by atoms with Gasteiger partial charge in [-0.05, 0) is 36.4 Å². The number of hydrogen-bond donors (Lipinski definition) is 4. The first-order valence-corrected chi connectivity index (χ1v) is 9.05. The molecule has 0 saturated heterocycles. The van der Waals surface area contributed by atoms with Crippen LogP contribution in [0.2, 0.25) is 10.0 Å². The van der Waals surface area contributed by atoms with Crippen LogP contribution in [0.25, 0.3) is 0 Å². The van der Waals surface area contributed by atoms with Crippen molar-refractivity contribution in [3.05, 3.63) is 81.1 Å². The number of halogens is 2. The van der Waals surface area contributed by atoms with Gasteiger partial charge in [-0.1, -0.05) is 35.3 Å². The molecule has 0 bridgehead atoms. The number of benzene rings is 2. The summed E-state index contributed by atoms with van der Waals surface area (Å²) in [5.74, 6) is -2.25. The number of rotatable bonds is 6. The highest BCUT2D eigenvalue weighted by Crippen LogP contribution is 2.33. The summed E-state index contributed by atoms with van der Waals surface area (Å²) in [6, 6.07) is 13.5. The van der Waals surface area contributed by atoms with Crippen molar-refractivity contribution >= 4 is 46.5 Å². The summed E-state index contributed by atoms with van der Waals surface area (Å²) in [6.45, 7) is 0. The minimum absolute atomic E-state index is 0.0770. The van der Waals surface area contributed by atoms with Crippen molar-refractivity contribution in [2.24, 2.45) is 0 Å². The third-order valence-electron chi connectivity index (χ3n) is 4.19. The van der Waals surface area contributed by atoms with Crippen LogP contribution < -0.4 is 10.6 Å². The van der Waals surface area contributed by atoms with Crippen LogP contribution in [-0.2, 0) is 9.59 Å². The van der Waals surface area contributed by atoms with E-state index >= 15 is 0 Å². The van der Waals surface area contributed by atoms with Gasteiger partial charge in [-0.25, -0.2) is 9.59 Å². The molecule has 2 aromatic carbocycles. The molecule has 2 aromatic rings. The maximum atomic E-state index is 11.8. The zero-order valence-electron chi connectivity index (χ0n) is 14.5. The molecular formula is C20H16Cl2N2O4. The Morgan fingerprint density at radius 2 is 1.14 bits per heavy atom. The number of aliphatic carboxylic acids is 2. The van der Waals surface area contributed by atoms with Gasteiger partial charge in [0.15, 0.2) is 0 Å². The van der Waals surface area contributed by atoms with Crippen molar-refractivity contribution in [2.45, 2.75) is 12.8 Å². The monoisotopic (exact) mass is 418 g/mol. The fourth-order valence-electron chi connectivity index (χ4n) is 2.91. The van der Waals surface area contributed by atoms with E-state index in [0.29, 0.717) is 32.8 Å². The molecule has 0 heterocycles. The first-order valence-electron chi connectivity index (χ1n) is 8.29. The molecule has 0 unspecified atom stereocenters. The van der Waals surface area contributed by atoms with E-state index in [0.717, 1.165) is 0 Å². The Kier molecular flexibility index (Phi) is 5.92. The molecule has 0 aliphatic heterocycles. The highest BCUT2D eigenvalue weighted by Gasteiger charge is 2.28. The van der Waals surface area contributed by atoms with E-state index < -0.39 is 11.9 Å². The van der Waals surface area contributed by atoms with Crippen LogP contribution in [0.4, 0.5) is 11.4 Å². The molecule has 8 heteroatoms. The average molecular weight is 419 g/mol. The molecule has 28 heavy (non-hydrogen) atoms. The molecule has 0 radical (unpaired) electrons. The van der Waals surface area contributed by atoms with Gasteiger partial charge in [-0.2, -0.15) is 0 Å². The maximum absolute atomic E-state index is 11.8. The highest BCUT2D eigenvalue weighted by molar-refractivity contribution is 6.31. The topological polar surface area (TPSA) is 98.7 Å². The van der Waals surface area contributed by atoms with Gasteiger partial charge in [0.2, 0.25) is 0 Å². The van der Waals surface area contributed by atoms with Crippen LogP contribution >= 0.6 is 23.2 Å². The first-order chi connectivity index (χ1) is 13.3. The lowest BCUT2D eigenvalue weighted by Gasteiger charge is -2.24. The fraction of sp³-hybridized carbons (Fsp3) is 0.100. The molecule has 0 atom stereocenters. The van der Waals surface area contributed by atoms with Crippen LogP contribution in [0, 0.1) is 0 Å². The third kappa shape index (κ3) is 4.65. The number of hydrogen-bond acceptors (Lipinski definition) is 4. The van der Waals surface area contributed by atoms with E-state index in [2.05, 4.69) is 10.6 Å². The van der Waals surface area contributed by atoms with Crippen LogP contribution in [0.15, 0.2) is 71.1 Å². The summed E-state index contributed by atoms with van der Waals surface area (Å²) in [5, 5.41) is 26.3. The summed E-state index contributed by atoms with van der Waals surface area (Å²) in [5.41, 5.74) is 1.94.